The van der Waals surface area contributed by atoms with Crippen molar-refractivity contribution in [3.63, 3.8) is 0 Å². The van der Waals surface area contributed by atoms with Gasteiger partial charge in [-0.15, -0.1) is 12.4 Å². The number of amides is 1. The fraction of sp³-hybridized carbons (Fsp3) is 0.588. The summed E-state index contributed by atoms with van der Waals surface area (Å²) in [5, 5.41) is 3.33. The molecule has 1 aromatic carbocycles. The standard InChI is InChI=1S/C17H27N3O.ClH/c1-19(2)12-13-20(14-15-6-4-3-5-7-15)17(21)16-8-10-18-11-9-16;/h3-7,16,18H,8-14H2,1-2H3;1H. The van der Waals surface area contributed by atoms with Crippen molar-refractivity contribution < 1.29 is 4.79 Å². The highest BCUT2D eigenvalue weighted by molar-refractivity contribution is 5.85. The highest BCUT2D eigenvalue weighted by Crippen LogP contribution is 2.17. The van der Waals surface area contributed by atoms with Gasteiger partial charge in [0.25, 0.3) is 0 Å². The fourth-order valence-electron chi connectivity index (χ4n) is 2.72. The first kappa shape index (κ1) is 18.9. The summed E-state index contributed by atoms with van der Waals surface area (Å²) < 4.78 is 0. The molecule has 1 heterocycles. The Morgan fingerprint density at radius 3 is 2.36 bits per heavy atom. The Bertz CT molecular complexity index is 433. The van der Waals surface area contributed by atoms with E-state index in [1.807, 2.05) is 23.1 Å². The molecule has 1 fully saturated rings. The predicted octanol–water partition coefficient (Wildman–Crippen LogP) is 2.00. The molecule has 1 amide bonds. The number of carbonyl (C=O) groups excluding carboxylic acids is 1. The molecule has 124 valence electrons. The van der Waals surface area contributed by atoms with Gasteiger partial charge in [-0.2, -0.15) is 0 Å². The maximum Gasteiger partial charge on any atom is 0.226 e. The summed E-state index contributed by atoms with van der Waals surface area (Å²) in [6.45, 7) is 4.35. The average Bonchev–Trinajstić information content (AvgIpc) is 2.52. The molecule has 0 aromatic heterocycles. The Hall–Kier alpha value is -1.10. The number of nitrogens with one attached hydrogen (secondary N) is 1. The smallest absolute Gasteiger partial charge is 0.226 e. The molecule has 22 heavy (non-hydrogen) atoms. The quantitative estimate of drug-likeness (QED) is 0.869. The number of hydrogen-bond acceptors (Lipinski definition) is 3. The van der Waals surface area contributed by atoms with Gasteiger partial charge in [-0.3, -0.25) is 4.79 Å². The van der Waals surface area contributed by atoms with Gasteiger partial charge in [-0.25, -0.2) is 0 Å². The molecule has 1 aromatic rings. The molecule has 2 rings (SSSR count). The van der Waals surface area contributed by atoms with Crippen LogP contribution in [-0.2, 0) is 11.3 Å². The molecular formula is C17H28ClN3O. The van der Waals surface area contributed by atoms with Gasteiger partial charge in [0.2, 0.25) is 5.91 Å². The lowest BCUT2D eigenvalue weighted by Gasteiger charge is -2.30. The van der Waals surface area contributed by atoms with Crippen LogP contribution in [0.2, 0.25) is 0 Å². The van der Waals surface area contributed by atoms with Crippen molar-refractivity contribution >= 4 is 18.3 Å². The van der Waals surface area contributed by atoms with Crippen LogP contribution in [0.25, 0.3) is 0 Å². The lowest BCUT2D eigenvalue weighted by molar-refractivity contribution is -0.137. The summed E-state index contributed by atoms with van der Waals surface area (Å²) in [5.74, 6) is 0.513. The lowest BCUT2D eigenvalue weighted by atomic mass is 9.96. The van der Waals surface area contributed by atoms with E-state index in [0.29, 0.717) is 5.91 Å². The predicted molar refractivity (Wildman–Crippen MR) is 93.3 cm³/mol. The molecule has 1 aliphatic heterocycles. The number of nitrogens with zero attached hydrogens (tertiary/aromatic N) is 2. The van der Waals surface area contributed by atoms with Crippen LogP contribution >= 0.6 is 12.4 Å². The van der Waals surface area contributed by atoms with E-state index < -0.39 is 0 Å². The van der Waals surface area contributed by atoms with Crippen LogP contribution in [0.4, 0.5) is 0 Å². The van der Waals surface area contributed by atoms with Gasteiger partial charge >= 0.3 is 0 Å². The van der Waals surface area contributed by atoms with Crippen LogP contribution in [0.1, 0.15) is 18.4 Å². The van der Waals surface area contributed by atoms with Gasteiger partial charge in [0.05, 0.1) is 0 Å². The minimum Gasteiger partial charge on any atom is -0.337 e. The maximum atomic E-state index is 12.8. The number of likely N-dealkylation sites (N-methyl/N-ethyl adjacent to an activating group) is 1. The Kier molecular flexibility index (Phi) is 8.46. The first-order chi connectivity index (χ1) is 10.2. The molecule has 0 saturated carbocycles. The molecular weight excluding hydrogens is 298 g/mol. The molecule has 4 nitrogen and oxygen atoms in total. The number of benzene rings is 1. The first-order valence-electron chi connectivity index (χ1n) is 7.85. The minimum atomic E-state index is 0. The summed E-state index contributed by atoms with van der Waals surface area (Å²) in [4.78, 5) is 17.0. The summed E-state index contributed by atoms with van der Waals surface area (Å²) in [7, 11) is 4.10. The molecule has 1 aliphatic rings. The summed E-state index contributed by atoms with van der Waals surface area (Å²) >= 11 is 0. The van der Waals surface area contributed by atoms with Crippen molar-refractivity contribution in [2.75, 3.05) is 40.3 Å². The van der Waals surface area contributed by atoms with E-state index in [4.69, 9.17) is 0 Å². The van der Waals surface area contributed by atoms with Crippen LogP contribution < -0.4 is 5.32 Å². The van der Waals surface area contributed by atoms with E-state index in [0.717, 1.165) is 45.6 Å². The van der Waals surface area contributed by atoms with Crippen molar-refractivity contribution in [1.82, 2.24) is 15.1 Å². The SMILES string of the molecule is CN(C)CCN(Cc1ccccc1)C(=O)C1CCNCC1.Cl. The van der Waals surface area contributed by atoms with Crippen molar-refractivity contribution in [2.45, 2.75) is 19.4 Å². The Labute approximate surface area is 140 Å². The van der Waals surface area contributed by atoms with Gasteiger partial charge in [-0.05, 0) is 45.6 Å². The Balaban J connectivity index is 0.00000242. The molecule has 0 bridgehead atoms. The van der Waals surface area contributed by atoms with Gasteiger partial charge in [0.15, 0.2) is 0 Å². The van der Waals surface area contributed by atoms with E-state index >= 15 is 0 Å². The molecule has 0 unspecified atom stereocenters. The highest BCUT2D eigenvalue weighted by Gasteiger charge is 2.25. The number of rotatable bonds is 6. The molecule has 5 heteroatoms. The third-order valence-corrected chi connectivity index (χ3v) is 4.03. The number of halogens is 1. The van der Waals surface area contributed by atoms with Crippen molar-refractivity contribution in [3.8, 4) is 0 Å². The normalized spacial score (nSPS) is 15.4. The molecule has 0 aliphatic carbocycles. The summed E-state index contributed by atoms with van der Waals surface area (Å²) in [6.07, 6.45) is 1.93. The largest absolute Gasteiger partial charge is 0.337 e. The third-order valence-electron chi connectivity index (χ3n) is 4.03. The topological polar surface area (TPSA) is 35.6 Å². The maximum absolute atomic E-state index is 12.8. The fourth-order valence-corrected chi connectivity index (χ4v) is 2.72. The van der Waals surface area contributed by atoms with Crippen LogP contribution in [-0.4, -0.2) is 56.0 Å². The van der Waals surface area contributed by atoms with E-state index in [9.17, 15) is 4.79 Å². The molecule has 1 saturated heterocycles. The molecule has 0 spiro atoms. The zero-order valence-electron chi connectivity index (χ0n) is 13.6. The summed E-state index contributed by atoms with van der Waals surface area (Å²) in [6, 6.07) is 10.3. The molecule has 0 radical (unpaired) electrons. The second kappa shape index (κ2) is 9.82. The number of carbonyl (C=O) groups is 1. The van der Waals surface area contributed by atoms with Crippen LogP contribution in [0.5, 0.6) is 0 Å². The van der Waals surface area contributed by atoms with E-state index in [1.54, 1.807) is 0 Å². The molecule has 1 N–H and O–H groups in total. The zero-order chi connectivity index (χ0) is 15.1. The second-order valence-corrected chi connectivity index (χ2v) is 6.07. The number of hydrogen-bond donors (Lipinski definition) is 1. The highest BCUT2D eigenvalue weighted by atomic mass is 35.5. The Morgan fingerprint density at radius 2 is 1.77 bits per heavy atom. The van der Waals surface area contributed by atoms with Crippen LogP contribution in [0, 0.1) is 5.92 Å². The summed E-state index contributed by atoms with van der Waals surface area (Å²) in [5.41, 5.74) is 1.21. The van der Waals surface area contributed by atoms with Crippen molar-refractivity contribution in [2.24, 2.45) is 5.92 Å². The monoisotopic (exact) mass is 325 g/mol. The van der Waals surface area contributed by atoms with Gasteiger partial charge in [0.1, 0.15) is 0 Å². The molecule has 0 atom stereocenters. The van der Waals surface area contributed by atoms with E-state index in [-0.39, 0.29) is 18.3 Å². The number of piperidine rings is 1. The van der Waals surface area contributed by atoms with Gasteiger partial charge in [0, 0.05) is 25.6 Å². The van der Waals surface area contributed by atoms with Gasteiger partial charge < -0.3 is 15.1 Å². The third kappa shape index (κ3) is 5.95. The van der Waals surface area contributed by atoms with E-state index in [2.05, 4.69) is 36.4 Å². The first-order valence-corrected chi connectivity index (χ1v) is 7.85. The van der Waals surface area contributed by atoms with Gasteiger partial charge in [-0.1, -0.05) is 30.3 Å². The van der Waals surface area contributed by atoms with Crippen LogP contribution in [0.15, 0.2) is 30.3 Å². The van der Waals surface area contributed by atoms with Crippen molar-refractivity contribution in [1.29, 1.82) is 0 Å². The van der Waals surface area contributed by atoms with E-state index in [1.165, 1.54) is 5.56 Å². The lowest BCUT2D eigenvalue weighted by Crippen LogP contribution is -2.43. The van der Waals surface area contributed by atoms with Crippen LogP contribution in [0.3, 0.4) is 0 Å². The minimum absolute atomic E-state index is 0. The Morgan fingerprint density at radius 1 is 1.14 bits per heavy atom. The average molecular weight is 326 g/mol. The second-order valence-electron chi connectivity index (χ2n) is 6.07. The zero-order valence-corrected chi connectivity index (χ0v) is 14.4. The van der Waals surface area contributed by atoms with Crippen molar-refractivity contribution in [3.05, 3.63) is 35.9 Å².